The van der Waals surface area contributed by atoms with Crippen LogP contribution in [0, 0.1) is 0 Å². The maximum Gasteiger partial charge on any atom is 0.188 e. The fraction of sp³-hybridized carbons (Fsp3) is 0.450. The number of halogens is 1. The molecule has 7 heteroatoms. The zero-order valence-corrected chi connectivity index (χ0v) is 18.9. The summed E-state index contributed by atoms with van der Waals surface area (Å²) in [6.45, 7) is 3.64. The Morgan fingerprint density at radius 3 is 2.74 bits per heavy atom. The molecule has 0 spiro atoms. The Labute approximate surface area is 183 Å². The van der Waals surface area contributed by atoms with Crippen LogP contribution in [0.25, 0.3) is 0 Å². The average molecular weight is 500 g/mol. The number of para-hydroxylation sites is 1. The minimum absolute atomic E-state index is 0. The molecular formula is C20H29IN4OS. The highest BCUT2D eigenvalue weighted by Crippen LogP contribution is 2.31. The van der Waals surface area contributed by atoms with Gasteiger partial charge in [0.25, 0.3) is 0 Å². The van der Waals surface area contributed by atoms with Gasteiger partial charge in [-0.25, -0.2) is 0 Å². The topological polar surface area (TPSA) is 62.9 Å². The number of hydrogen-bond donors (Lipinski definition) is 2. The van der Waals surface area contributed by atoms with E-state index < -0.39 is 0 Å². The number of nitrogens with two attached hydrogens (primary N) is 1. The van der Waals surface area contributed by atoms with Crippen LogP contribution in [-0.4, -0.2) is 44.1 Å². The molecule has 3 N–H and O–H groups in total. The average Bonchev–Trinajstić information content (AvgIpc) is 3.36. The van der Waals surface area contributed by atoms with Crippen LogP contribution in [0.1, 0.15) is 29.3 Å². The predicted molar refractivity (Wildman–Crippen MR) is 124 cm³/mol. The van der Waals surface area contributed by atoms with Crippen LogP contribution in [0.5, 0.6) is 5.75 Å². The van der Waals surface area contributed by atoms with Gasteiger partial charge >= 0.3 is 0 Å². The molecule has 0 bridgehead atoms. The van der Waals surface area contributed by atoms with Gasteiger partial charge in [-0.2, -0.15) is 0 Å². The molecule has 27 heavy (non-hydrogen) atoms. The first-order chi connectivity index (χ1) is 12.8. The van der Waals surface area contributed by atoms with E-state index in [0.717, 1.165) is 31.8 Å². The molecule has 3 rings (SSSR count). The lowest BCUT2D eigenvalue weighted by Crippen LogP contribution is -2.35. The van der Waals surface area contributed by atoms with Gasteiger partial charge in [0.05, 0.1) is 19.7 Å². The Morgan fingerprint density at radius 2 is 2.04 bits per heavy atom. The zero-order valence-electron chi connectivity index (χ0n) is 15.8. The Bertz CT molecular complexity index is 702. The first kappa shape index (κ1) is 22.0. The second-order valence-electron chi connectivity index (χ2n) is 6.48. The SMILES string of the molecule is COc1ccccc1C(CN=C(N)NCCc1cccs1)N1CCCC1.I. The molecule has 0 amide bonds. The maximum atomic E-state index is 6.10. The summed E-state index contributed by atoms with van der Waals surface area (Å²) in [6, 6.07) is 12.6. The zero-order chi connectivity index (χ0) is 18.2. The van der Waals surface area contributed by atoms with E-state index >= 15 is 0 Å². The lowest BCUT2D eigenvalue weighted by molar-refractivity contribution is 0.245. The number of benzene rings is 1. The summed E-state index contributed by atoms with van der Waals surface area (Å²) in [5.41, 5.74) is 7.29. The molecule has 1 aromatic carbocycles. The molecule has 1 aliphatic rings. The van der Waals surface area contributed by atoms with E-state index in [4.69, 9.17) is 10.5 Å². The van der Waals surface area contributed by atoms with Gasteiger partial charge in [-0.15, -0.1) is 35.3 Å². The fourth-order valence-electron chi connectivity index (χ4n) is 3.41. The van der Waals surface area contributed by atoms with Gasteiger partial charge in [0.2, 0.25) is 0 Å². The van der Waals surface area contributed by atoms with E-state index in [9.17, 15) is 0 Å². The number of hydrogen-bond acceptors (Lipinski definition) is 4. The quantitative estimate of drug-likeness (QED) is 0.330. The summed E-state index contributed by atoms with van der Waals surface area (Å²) in [4.78, 5) is 8.47. The smallest absolute Gasteiger partial charge is 0.188 e. The van der Waals surface area contributed by atoms with Gasteiger partial charge in [0.15, 0.2) is 5.96 Å². The summed E-state index contributed by atoms with van der Waals surface area (Å²) in [7, 11) is 1.73. The lowest BCUT2D eigenvalue weighted by atomic mass is 10.0. The van der Waals surface area contributed by atoms with Crippen molar-refractivity contribution in [2.45, 2.75) is 25.3 Å². The Hall–Kier alpha value is -1.32. The van der Waals surface area contributed by atoms with E-state index in [-0.39, 0.29) is 30.0 Å². The van der Waals surface area contributed by atoms with Crippen LogP contribution >= 0.6 is 35.3 Å². The van der Waals surface area contributed by atoms with Gasteiger partial charge in [0.1, 0.15) is 5.75 Å². The van der Waals surface area contributed by atoms with Gasteiger partial charge in [-0.1, -0.05) is 24.3 Å². The number of rotatable bonds is 8. The molecule has 2 aromatic rings. The highest BCUT2D eigenvalue weighted by atomic mass is 127. The first-order valence-electron chi connectivity index (χ1n) is 9.21. The monoisotopic (exact) mass is 500 g/mol. The summed E-state index contributed by atoms with van der Waals surface area (Å²) < 4.78 is 5.58. The van der Waals surface area contributed by atoms with Crippen LogP contribution in [0.4, 0.5) is 0 Å². The molecule has 1 aromatic heterocycles. The van der Waals surface area contributed by atoms with Crippen molar-refractivity contribution in [1.29, 1.82) is 0 Å². The molecule has 1 aliphatic heterocycles. The number of guanidine groups is 1. The highest BCUT2D eigenvalue weighted by molar-refractivity contribution is 14.0. The lowest BCUT2D eigenvalue weighted by Gasteiger charge is -2.28. The molecule has 148 valence electrons. The molecule has 1 saturated heterocycles. The van der Waals surface area contributed by atoms with Crippen molar-refractivity contribution in [3.8, 4) is 5.75 Å². The summed E-state index contributed by atoms with van der Waals surface area (Å²) in [6.07, 6.45) is 3.45. The van der Waals surface area contributed by atoms with Crippen LogP contribution < -0.4 is 15.8 Å². The molecule has 1 atom stereocenters. The van der Waals surface area contributed by atoms with E-state index in [1.54, 1.807) is 18.4 Å². The van der Waals surface area contributed by atoms with Crippen LogP contribution in [0.3, 0.4) is 0 Å². The minimum Gasteiger partial charge on any atom is -0.496 e. The number of thiophene rings is 1. The fourth-order valence-corrected chi connectivity index (χ4v) is 4.12. The van der Waals surface area contributed by atoms with Crippen LogP contribution in [0.2, 0.25) is 0 Å². The van der Waals surface area contributed by atoms with Crippen molar-refractivity contribution in [2.75, 3.05) is 33.3 Å². The number of nitrogens with one attached hydrogen (secondary N) is 1. The van der Waals surface area contributed by atoms with E-state index in [2.05, 4.69) is 44.9 Å². The van der Waals surface area contributed by atoms with Crippen molar-refractivity contribution in [3.63, 3.8) is 0 Å². The van der Waals surface area contributed by atoms with Crippen molar-refractivity contribution in [3.05, 3.63) is 52.2 Å². The van der Waals surface area contributed by atoms with E-state index in [1.165, 1.54) is 23.3 Å². The highest BCUT2D eigenvalue weighted by Gasteiger charge is 2.25. The van der Waals surface area contributed by atoms with E-state index in [0.29, 0.717) is 12.5 Å². The standard InChI is InChI=1S/C20H28N4OS.HI/c1-25-19-9-3-2-8-17(19)18(24-12-4-5-13-24)15-23-20(21)22-11-10-16-7-6-14-26-16;/h2-3,6-9,14,18H,4-5,10-13,15H2,1H3,(H3,21,22,23);1H. The van der Waals surface area contributed by atoms with Gasteiger partial charge in [-0.05, 0) is 49.9 Å². The summed E-state index contributed by atoms with van der Waals surface area (Å²) >= 11 is 1.77. The van der Waals surface area contributed by atoms with Gasteiger partial charge < -0.3 is 15.8 Å². The molecule has 0 saturated carbocycles. The minimum atomic E-state index is 0. The maximum absolute atomic E-state index is 6.10. The number of nitrogens with zero attached hydrogens (tertiary/aromatic N) is 2. The predicted octanol–water partition coefficient (Wildman–Crippen LogP) is 3.66. The second-order valence-corrected chi connectivity index (χ2v) is 7.52. The van der Waals surface area contributed by atoms with Crippen LogP contribution in [0.15, 0.2) is 46.8 Å². The molecular weight excluding hydrogens is 471 g/mol. The van der Waals surface area contributed by atoms with Gasteiger partial charge in [-0.3, -0.25) is 9.89 Å². The number of likely N-dealkylation sites (tertiary alicyclic amines) is 1. The molecule has 5 nitrogen and oxygen atoms in total. The van der Waals surface area contributed by atoms with E-state index in [1.807, 2.05) is 12.1 Å². The number of methoxy groups -OCH3 is 1. The Balaban J connectivity index is 0.00000261. The Kier molecular flexibility index (Phi) is 9.36. The normalized spacial score (nSPS) is 16.0. The molecule has 1 fully saturated rings. The van der Waals surface area contributed by atoms with Crippen molar-refractivity contribution < 1.29 is 4.74 Å². The van der Waals surface area contributed by atoms with Gasteiger partial charge in [0, 0.05) is 17.0 Å². The second kappa shape index (κ2) is 11.5. The molecule has 1 unspecified atom stereocenters. The third-order valence-electron chi connectivity index (χ3n) is 4.77. The Morgan fingerprint density at radius 1 is 1.26 bits per heavy atom. The van der Waals surface area contributed by atoms with Crippen LogP contribution in [-0.2, 0) is 6.42 Å². The van der Waals surface area contributed by atoms with Crippen molar-refractivity contribution in [1.82, 2.24) is 10.2 Å². The molecule has 2 heterocycles. The first-order valence-corrected chi connectivity index (χ1v) is 10.1. The van der Waals surface area contributed by atoms with Crippen molar-refractivity contribution in [2.24, 2.45) is 10.7 Å². The number of aliphatic imine (C=N–C) groups is 1. The summed E-state index contributed by atoms with van der Waals surface area (Å²) in [5, 5.41) is 5.33. The van der Waals surface area contributed by atoms with Crippen molar-refractivity contribution >= 4 is 41.3 Å². The summed E-state index contributed by atoms with van der Waals surface area (Å²) in [5.74, 6) is 1.43. The number of ether oxygens (including phenoxy) is 1. The largest absolute Gasteiger partial charge is 0.496 e. The third kappa shape index (κ3) is 6.36. The molecule has 0 aliphatic carbocycles. The third-order valence-corrected chi connectivity index (χ3v) is 5.71. The molecule has 0 radical (unpaired) electrons.